The van der Waals surface area contributed by atoms with Crippen LogP contribution in [0.2, 0.25) is 0 Å². The zero-order valence-corrected chi connectivity index (χ0v) is 3.85. The zero-order valence-electron chi connectivity index (χ0n) is 3.85. The highest BCUT2D eigenvalue weighted by Crippen LogP contribution is 1.84. The summed E-state index contributed by atoms with van der Waals surface area (Å²) in [6.07, 6.45) is -0.227. The normalized spacial score (nSPS) is 14.5. The van der Waals surface area contributed by atoms with Gasteiger partial charge in [-0.15, -0.1) is 0 Å². The molecule has 1 radical (unpaired) electrons. The summed E-state index contributed by atoms with van der Waals surface area (Å²) in [6.45, 7) is 1.56. The Morgan fingerprint density at radius 1 is 1.83 bits per heavy atom. The lowest BCUT2D eigenvalue weighted by Crippen LogP contribution is -1.98. The topological polar surface area (TPSA) is 40.1 Å². The van der Waals surface area contributed by atoms with Crippen molar-refractivity contribution in [1.82, 2.24) is 0 Å². The summed E-state index contributed by atoms with van der Waals surface area (Å²) in [5.74, 6) is 0. The van der Waals surface area contributed by atoms with E-state index in [0.717, 1.165) is 0 Å². The minimum atomic E-state index is -0.602. The molecule has 0 aromatic heterocycles. The second kappa shape index (κ2) is 3.12. The second-order valence-corrected chi connectivity index (χ2v) is 1.32. The van der Waals surface area contributed by atoms with Crippen LogP contribution in [-0.4, -0.2) is 17.8 Å². The standard InChI is InChI=1S/C4H9O2/c1-4(6)2-3-5/h4-5H,2-3H2,1H3. The molecule has 0 aliphatic heterocycles. The van der Waals surface area contributed by atoms with Crippen molar-refractivity contribution in [1.29, 1.82) is 0 Å². The first-order chi connectivity index (χ1) is 2.77. The molecule has 1 N–H and O–H groups in total. The predicted octanol–water partition coefficient (Wildman–Crippen LogP) is 0.188. The van der Waals surface area contributed by atoms with Crippen LogP contribution in [0.25, 0.3) is 0 Å². The predicted molar refractivity (Wildman–Crippen MR) is 21.9 cm³/mol. The fraction of sp³-hybridized carbons (Fsp3) is 1.00. The molecule has 0 bridgehead atoms. The van der Waals surface area contributed by atoms with Crippen LogP contribution in [0, 0.1) is 0 Å². The summed E-state index contributed by atoms with van der Waals surface area (Å²) in [4.78, 5) is 0. The van der Waals surface area contributed by atoms with Crippen LogP contribution in [0.1, 0.15) is 13.3 Å². The molecule has 1 atom stereocenters. The molecule has 0 aliphatic rings. The minimum absolute atomic E-state index is 0.0185. The molecule has 0 aromatic rings. The van der Waals surface area contributed by atoms with Crippen molar-refractivity contribution in [3.8, 4) is 0 Å². The molecule has 0 fully saturated rings. The van der Waals surface area contributed by atoms with Crippen molar-refractivity contribution in [3.05, 3.63) is 0 Å². The number of rotatable bonds is 2. The molecule has 0 aliphatic carbocycles. The lowest BCUT2D eigenvalue weighted by atomic mass is 10.3. The fourth-order valence-electron chi connectivity index (χ4n) is 0.182. The van der Waals surface area contributed by atoms with Gasteiger partial charge in [-0.1, -0.05) is 0 Å². The fourth-order valence-corrected chi connectivity index (χ4v) is 0.182. The number of hydrogen-bond acceptors (Lipinski definition) is 1. The Balaban J connectivity index is 2.63. The van der Waals surface area contributed by atoms with Gasteiger partial charge < -0.3 is 5.11 Å². The van der Waals surface area contributed by atoms with Crippen molar-refractivity contribution in [2.75, 3.05) is 6.61 Å². The van der Waals surface area contributed by atoms with Gasteiger partial charge in [0.15, 0.2) is 0 Å². The van der Waals surface area contributed by atoms with E-state index in [4.69, 9.17) is 5.11 Å². The van der Waals surface area contributed by atoms with Crippen molar-refractivity contribution >= 4 is 0 Å². The molecule has 0 spiro atoms. The van der Waals surface area contributed by atoms with Crippen LogP contribution in [0.3, 0.4) is 0 Å². The summed E-state index contributed by atoms with van der Waals surface area (Å²) >= 11 is 0. The van der Waals surface area contributed by atoms with Gasteiger partial charge in [0, 0.05) is 6.61 Å². The Labute approximate surface area is 37.4 Å². The van der Waals surface area contributed by atoms with E-state index in [2.05, 4.69) is 0 Å². The lowest BCUT2D eigenvalue weighted by molar-refractivity contribution is 0.0791. The van der Waals surface area contributed by atoms with E-state index >= 15 is 0 Å². The average Bonchev–Trinajstić information content (AvgIpc) is 1.35. The van der Waals surface area contributed by atoms with Crippen LogP contribution in [0.15, 0.2) is 0 Å². The smallest absolute Gasteiger partial charge is 0.0923 e. The van der Waals surface area contributed by atoms with Gasteiger partial charge in [-0.3, -0.25) is 0 Å². The maximum Gasteiger partial charge on any atom is 0.0923 e. The highest BCUT2D eigenvalue weighted by atomic mass is 16.3. The second-order valence-electron chi connectivity index (χ2n) is 1.32. The van der Waals surface area contributed by atoms with Gasteiger partial charge in [-0.25, -0.2) is 5.11 Å². The summed E-state index contributed by atoms with van der Waals surface area (Å²) in [5, 5.41) is 18.0. The van der Waals surface area contributed by atoms with Crippen molar-refractivity contribution in [3.63, 3.8) is 0 Å². The third-order valence-corrected chi connectivity index (χ3v) is 0.536. The van der Waals surface area contributed by atoms with Crippen LogP contribution in [0.5, 0.6) is 0 Å². The molecule has 0 aromatic carbocycles. The summed E-state index contributed by atoms with van der Waals surface area (Å²) in [5.41, 5.74) is 0. The highest BCUT2D eigenvalue weighted by molar-refractivity contribution is 4.40. The maximum atomic E-state index is 9.97. The molecule has 37 valence electrons. The van der Waals surface area contributed by atoms with E-state index in [-0.39, 0.29) is 6.61 Å². The van der Waals surface area contributed by atoms with Crippen LogP contribution in [-0.2, 0) is 5.11 Å². The summed E-state index contributed by atoms with van der Waals surface area (Å²) in [7, 11) is 0. The maximum absolute atomic E-state index is 9.97. The molecule has 0 saturated carbocycles. The number of aliphatic hydroxyl groups excluding tert-OH is 1. The summed E-state index contributed by atoms with van der Waals surface area (Å²) < 4.78 is 0. The van der Waals surface area contributed by atoms with E-state index in [9.17, 15) is 5.11 Å². The van der Waals surface area contributed by atoms with E-state index in [1.165, 1.54) is 6.92 Å². The third-order valence-electron chi connectivity index (χ3n) is 0.536. The van der Waals surface area contributed by atoms with E-state index in [1.54, 1.807) is 0 Å². The molecular weight excluding hydrogens is 80.0 g/mol. The van der Waals surface area contributed by atoms with Gasteiger partial charge in [0.1, 0.15) is 0 Å². The Morgan fingerprint density at radius 3 is 2.33 bits per heavy atom. The zero-order chi connectivity index (χ0) is 4.99. The third kappa shape index (κ3) is 3.92. The Bertz CT molecular complexity index is 26.7. The molecule has 0 rings (SSSR count). The number of aliphatic hydroxyl groups is 1. The van der Waals surface area contributed by atoms with Gasteiger partial charge in [-0.05, 0) is 13.3 Å². The molecule has 2 nitrogen and oxygen atoms in total. The first kappa shape index (κ1) is 5.92. The quantitative estimate of drug-likeness (QED) is 0.515. The molecule has 6 heavy (non-hydrogen) atoms. The highest BCUT2D eigenvalue weighted by Gasteiger charge is 1.91. The van der Waals surface area contributed by atoms with E-state index in [0.29, 0.717) is 6.42 Å². The molecule has 1 unspecified atom stereocenters. The monoisotopic (exact) mass is 89.1 g/mol. The largest absolute Gasteiger partial charge is 0.396 e. The first-order valence-electron chi connectivity index (χ1n) is 2.04. The van der Waals surface area contributed by atoms with Crippen LogP contribution in [0.4, 0.5) is 0 Å². The lowest BCUT2D eigenvalue weighted by Gasteiger charge is -1.91. The molecule has 0 heterocycles. The van der Waals surface area contributed by atoms with Gasteiger partial charge in [0.05, 0.1) is 6.10 Å². The molecule has 2 heteroatoms. The molecular formula is C4H9O2. The Kier molecular flexibility index (Phi) is 3.08. The average molecular weight is 89.1 g/mol. The number of hydrogen-bond donors (Lipinski definition) is 1. The van der Waals surface area contributed by atoms with Crippen LogP contribution >= 0.6 is 0 Å². The molecule has 0 amide bonds. The van der Waals surface area contributed by atoms with E-state index < -0.39 is 6.10 Å². The molecule has 0 saturated heterocycles. The van der Waals surface area contributed by atoms with Crippen LogP contribution < -0.4 is 0 Å². The Morgan fingerprint density at radius 2 is 2.33 bits per heavy atom. The van der Waals surface area contributed by atoms with Crippen molar-refractivity contribution in [2.45, 2.75) is 19.4 Å². The van der Waals surface area contributed by atoms with E-state index in [1.807, 2.05) is 0 Å². The van der Waals surface area contributed by atoms with Gasteiger partial charge in [0.25, 0.3) is 0 Å². The first-order valence-corrected chi connectivity index (χ1v) is 2.04. The van der Waals surface area contributed by atoms with Gasteiger partial charge in [0.2, 0.25) is 0 Å². The van der Waals surface area contributed by atoms with Crippen molar-refractivity contribution in [2.24, 2.45) is 0 Å². The van der Waals surface area contributed by atoms with Gasteiger partial charge in [-0.2, -0.15) is 0 Å². The SMILES string of the molecule is CC([O])CCO. The Hall–Kier alpha value is -0.0800. The van der Waals surface area contributed by atoms with Gasteiger partial charge >= 0.3 is 0 Å². The van der Waals surface area contributed by atoms with Crippen molar-refractivity contribution < 1.29 is 10.2 Å². The minimum Gasteiger partial charge on any atom is -0.396 e. The summed E-state index contributed by atoms with van der Waals surface area (Å²) in [6, 6.07) is 0.